The zero-order valence-electron chi connectivity index (χ0n) is 10.9. The predicted octanol–water partition coefficient (Wildman–Crippen LogP) is 3.33. The maximum absolute atomic E-state index is 12.0. The van der Waals surface area contributed by atoms with Gasteiger partial charge in [-0.2, -0.15) is 0 Å². The van der Waals surface area contributed by atoms with Gasteiger partial charge >= 0.3 is 0 Å². The first kappa shape index (κ1) is 11.9. The molecule has 2 nitrogen and oxygen atoms in total. The van der Waals surface area contributed by atoms with E-state index in [0.717, 1.165) is 12.2 Å². The number of nitrogens with zero attached hydrogens (tertiary/aromatic N) is 1. The van der Waals surface area contributed by atoms with Crippen LogP contribution in [0.4, 0.5) is 5.69 Å². The van der Waals surface area contributed by atoms with Crippen LogP contribution in [0.2, 0.25) is 0 Å². The number of fused-ring (bicyclic) bond motifs is 1. The molecule has 1 unspecified atom stereocenters. The summed E-state index contributed by atoms with van der Waals surface area (Å²) in [6, 6.07) is 4.35. The Morgan fingerprint density at radius 1 is 1.41 bits per heavy atom. The summed E-state index contributed by atoms with van der Waals surface area (Å²) in [5.74, 6) is 0.517. The van der Waals surface area contributed by atoms with Gasteiger partial charge in [-0.25, -0.2) is 0 Å². The van der Waals surface area contributed by atoms with Gasteiger partial charge in [0.1, 0.15) is 0 Å². The summed E-state index contributed by atoms with van der Waals surface area (Å²) >= 11 is 0. The molecule has 0 fully saturated rings. The van der Waals surface area contributed by atoms with E-state index in [1.165, 1.54) is 16.7 Å². The third-order valence-electron chi connectivity index (χ3n) is 3.31. The number of rotatable bonds is 1. The van der Waals surface area contributed by atoms with Crippen molar-refractivity contribution < 1.29 is 4.79 Å². The van der Waals surface area contributed by atoms with E-state index in [2.05, 4.69) is 32.9 Å². The maximum Gasteiger partial charge on any atom is 0.250 e. The monoisotopic (exact) mass is 229 g/mol. The minimum atomic E-state index is 0.0880. The lowest BCUT2D eigenvalue weighted by Crippen LogP contribution is -2.28. The lowest BCUT2D eigenvalue weighted by Gasteiger charge is -2.17. The van der Waals surface area contributed by atoms with Crippen molar-refractivity contribution in [1.29, 1.82) is 0 Å². The van der Waals surface area contributed by atoms with Crippen LogP contribution in [-0.2, 0) is 4.79 Å². The number of amides is 1. The number of carbonyl (C=O) groups excluding carboxylic acids is 1. The van der Waals surface area contributed by atoms with Crippen molar-refractivity contribution in [2.24, 2.45) is 0 Å². The molecule has 0 radical (unpaired) electrons. The fourth-order valence-corrected chi connectivity index (χ4v) is 2.63. The first-order valence-electron chi connectivity index (χ1n) is 6.10. The Bertz CT molecular complexity index is 488. The average Bonchev–Trinajstić information content (AvgIpc) is 2.57. The van der Waals surface area contributed by atoms with Gasteiger partial charge in [0.05, 0.1) is 5.69 Å². The van der Waals surface area contributed by atoms with Crippen LogP contribution in [0.15, 0.2) is 24.3 Å². The number of anilines is 1. The summed E-state index contributed by atoms with van der Waals surface area (Å²) in [5, 5.41) is 0. The highest BCUT2D eigenvalue weighted by atomic mass is 16.2. The smallest absolute Gasteiger partial charge is 0.250 e. The van der Waals surface area contributed by atoms with Crippen LogP contribution in [0, 0.1) is 13.8 Å². The second-order valence-electron chi connectivity index (χ2n) is 4.87. The van der Waals surface area contributed by atoms with Crippen LogP contribution in [0.5, 0.6) is 0 Å². The normalized spacial score (nSPS) is 18.8. The molecule has 1 heterocycles. The Hall–Kier alpha value is -1.57. The van der Waals surface area contributed by atoms with Gasteiger partial charge in [-0.3, -0.25) is 4.79 Å². The average molecular weight is 229 g/mol. The second kappa shape index (κ2) is 4.36. The van der Waals surface area contributed by atoms with Crippen LogP contribution in [-0.4, -0.2) is 12.5 Å². The van der Waals surface area contributed by atoms with Crippen LogP contribution >= 0.6 is 0 Å². The number of hydrogen-bond donors (Lipinski definition) is 0. The summed E-state index contributed by atoms with van der Waals surface area (Å²) in [6.45, 7) is 9.04. The molecule has 0 spiro atoms. The molecular weight excluding hydrogens is 210 g/mol. The van der Waals surface area contributed by atoms with E-state index >= 15 is 0 Å². The molecule has 0 saturated heterocycles. The van der Waals surface area contributed by atoms with E-state index in [9.17, 15) is 4.79 Å². The highest BCUT2D eigenvalue weighted by Crippen LogP contribution is 2.39. The van der Waals surface area contributed by atoms with Gasteiger partial charge in [0, 0.05) is 12.5 Å². The topological polar surface area (TPSA) is 20.3 Å². The van der Waals surface area contributed by atoms with E-state index < -0.39 is 0 Å². The Morgan fingerprint density at radius 3 is 2.76 bits per heavy atom. The molecule has 0 saturated carbocycles. The van der Waals surface area contributed by atoms with E-state index in [1.54, 1.807) is 12.2 Å². The largest absolute Gasteiger partial charge is 0.308 e. The van der Waals surface area contributed by atoms with Crippen molar-refractivity contribution in [3.8, 4) is 0 Å². The van der Waals surface area contributed by atoms with Gasteiger partial charge in [-0.1, -0.05) is 30.7 Å². The Morgan fingerprint density at radius 2 is 2.12 bits per heavy atom. The summed E-state index contributed by atoms with van der Waals surface area (Å²) in [4.78, 5) is 13.9. The van der Waals surface area contributed by atoms with Crippen molar-refractivity contribution in [3.63, 3.8) is 0 Å². The summed E-state index contributed by atoms with van der Waals surface area (Å²) in [5.41, 5.74) is 4.89. The molecule has 90 valence electrons. The molecule has 1 aromatic rings. The number of carbonyl (C=O) groups is 1. The number of allylic oxidation sites excluding steroid dienone is 1. The van der Waals surface area contributed by atoms with Gasteiger partial charge in [-0.15, -0.1) is 0 Å². The number of hydrogen-bond acceptors (Lipinski definition) is 1. The summed E-state index contributed by atoms with van der Waals surface area (Å²) in [7, 11) is 0. The van der Waals surface area contributed by atoms with Gasteiger partial charge in [-0.05, 0) is 38.0 Å². The SMILES string of the molecule is C/C=C/C(=O)N1CC(C)c2cc(C)cc(C)c21. The molecule has 1 atom stereocenters. The van der Waals surface area contributed by atoms with Crippen LogP contribution in [0.1, 0.15) is 36.5 Å². The highest BCUT2D eigenvalue weighted by Gasteiger charge is 2.30. The van der Waals surface area contributed by atoms with E-state index in [-0.39, 0.29) is 5.91 Å². The lowest BCUT2D eigenvalue weighted by molar-refractivity contribution is -0.114. The van der Waals surface area contributed by atoms with Crippen molar-refractivity contribution in [1.82, 2.24) is 0 Å². The Labute approximate surface area is 103 Å². The van der Waals surface area contributed by atoms with E-state index in [1.807, 2.05) is 11.8 Å². The summed E-state index contributed by atoms with van der Waals surface area (Å²) in [6.07, 6.45) is 3.44. The third-order valence-corrected chi connectivity index (χ3v) is 3.31. The molecule has 0 N–H and O–H groups in total. The minimum absolute atomic E-state index is 0.0880. The van der Waals surface area contributed by atoms with Gasteiger partial charge in [0.15, 0.2) is 0 Å². The minimum Gasteiger partial charge on any atom is -0.308 e. The molecule has 1 aliphatic rings. The molecule has 0 aromatic heterocycles. The standard InChI is InChI=1S/C15H19NO/c1-5-6-14(17)16-9-12(4)13-8-10(2)7-11(3)15(13)16/h5-8,12H,9H2,1-4H3/b6-5+. The molecule has 1 aromatic carbocycles. The fourth-order valence-electron chi connectivity index (χ4n) is 2.63. The first-order chi connectivity index (χ1) is 8.04. The molecule has 17 heavy (non-hydrogen) atoms. The van der Waals surface area contributed by atoms with Crippen molar-refractivity contribution in [2.75, 3.05) is 11.4 Å². The quantitative estimate of drug-likeness (QED) is 0.676. The van der Waals surface area contributed by atoms with Crippen molar-refractivity contribution in [3.05, 3.63) is 41.0 Å². The number of aryl methyl sites for hydroxylation is 2. The van der Waals surface area contributed by atoms with E-state index in [0.29, 0.717) is 5.92 Å². The van der Waals surface area contributed by atoms with Gasteiger partial charge in [0.25, 0.3) is 5.91 Å². The highest BCUT2D eigenvalue weighted by molar-refractivity contribution is 6.03. The molecule has 0 aliphatic carbocycles. The lowest BCUT2D eigenvalue weighted by atomic mass is 9.98. The van der Waals surface area contributed by atoms with Crippen LogP contribution in [0.25, 0.3) is 0 Å². The Kier molecular flexibility index (Phi) is 3.05. The molecule has 2 heteroatoms. The van der Waals surface area contributed by atoms with Crippen LogP contribution < -0.4 is 4.90 Å². The van der Waals surface area contributed by atoms with Gasteiger partial charge < -0.3 is 4.90 Å². The van der Waals surface area contributed by atoms with Crippen molar-refractivity contribution >= 4 is 11.6 Å². The Balaban J connectivity index is 2.50. The maximum atomic E-state index is 12.0. The molecule has 1 aliphatic heterocycles. The van der Waals surface area contributed by atoms with E-state index in [4.69, 9.17) is 0 Å². The predicted molar refractivity (Wildman–Crippen MR) is 71.5 cm³/mol. The van der Waals surface area contributed by atoms with Crippen molar-refractivity contribution in [2.45, 2.75) is 33.6 Å². The number of benzene rings is 1. The third kappa shape index (κ3) is 1.99. The molecule has 2 rings (SSSR count). The molecule has 1 amide bonds. The second-order valence-corrected chi connectivity index (χ2v) is 4.87. The van der Waals surface area contributed by atoms with Crippen LogP contribution in [0.3, 0.4) is 0 Å². The zero-order chi connectivity index (χ0) is 12.6. The molecular formula is C15H19NO. The molecule has 0 bridgehead atoms. The first-order valence-corrected chi connectivity index (χ1v) is 6.10. The fraction of sp³-hybridized carbons (Fsp3) is 0.400. The summed E-state index contributed by atoms with van der Waals surface area (Å²) < 4.78 is 0. The van der Waals surface area contributed by atoms with Gasteiger partial charge in [0.2, 0.25) is 0 Å². The zero-order valence-corrected chi connectivity index (χ0v) is 10.9.